The second-order valence-corrected chi connectivity index (χ2v) is 5.85. The fourth-order valence-corrected chi connectivity index (χ4v) is 3.54. The fourth-order valence-electron chi connectivity index (χ4n) is 3.54. The van der Waals surface area contributed by atoms with Gasteiger partial charge in [-0.15, -0.1) is 0 Å². The maximum atomic E-state index is 5.52. The zero-order chi connectivity index (χ0) is 13.9. The summed E-state index contributed by atoms with van der Waals surface area (Å²) in [7, 11) is 3.79. The Morgan fingerprint density at radius 2 is 2.11 bits per heavy atom. The van der Waals surface area contributed by atoms with Crippen LogP contribution in [0, 0.1) is 5.41 Å². The number of methoxy groups -OCH3 is 1. The van der Waals surface area contributed by atoms with Gasteiger partial charge in [0.2, 0.25) is 0 Å². The molecule has 0 radical (unpaired) electrons. The van der Waals surface area contributed by atoms with E-state index in [9.17, 15) is 0 Å². The molecule has 1 saturated carbocycles. The molecule has 1 aliphatic carbocycles. The molecule has 1 aromatic rings. The molecular weight excluding hydrogens is 238 g/mol. The molecule has 0 spiro atoms. The standard InChI is InChI=1S/C15H27N3O/c1-5-18-13(12(19-4)11-17-18)14(16-3)15(2)9-7-6-8-10-15/h11,14,16H,5-10H2,1-4H3. The first kappa shape index (κ1) is 14.4. The van der Waals surface area contributed by atoms with Crippen LogP contribution in [0.3, 0.4) is 0 Å². The Morgan fingerprint density at radius 1 is 1.42 bits per heavy atom. The molecule has 1 fully saturated rings. The van der Waals surface area contributed by atoms with Crippen molar-refractivity contribution in [3.05, 3.63) is 11.9 Å². The lowest BCUT2D eigenvalue weighted by molar-refractivity contribution is 0.142. The van der Waals surface area contributed by atoms with Crippen molar-refractivity contribution in [3.63, 3.8) is 0 Å². The van der Waals surface area contributed by atoms with E-state index in [0.717, 1.165) is 12.3 Å². The average molecular weight is 265 g/mol. The molecule has 1 heterocycles. The summed E-state index contributed by atoms with van der Waals surface area (Å²) >= 11 is 0. The quantitative estimate of drug-likeness (QED) is 0.889. The number of nitrogens with one attached hydrogen (secondary N) is 1. The van der Waals surface area contributed by atoms with E-state index in [4.69, 9.17) is 4.74 Å². The van der Waals surface area contributed by atoms with E-state index in [1.54, 1.807) is 7.11 Å². The Kier molecular flexibility index (Phi) is 4.50. The first-order valence-corrected chi connectivity index (χ1v) is 7.43. The monoisotopic (exact) mass is 265 g/mol. The van der Waals surface area contributed by atoms with Crippen molar-refractivity contribution < 1.29 is 4.74 Å². The van der Waals surface area contributed by atoms with Gasteiger partial charge in [0.25, 0.3) is 0 Å². The number of aromatic nitrogens is 2. The third-order valence-corrected chi connectivity index (χ3v) is 4.62. The molecule has 1 aromatic heterocycles. The summed E-state index contributed by atoms with van der Waals surface area (Å²) in [6.45, 7) is 5.42. The van der Waals surface area contributed by atoms with Gasteiger partial charge in [-0.05, 0) is 32.2 Å². The Hall–Kier alpha value is -1.03. The third-order valence-electron chi connectivity index (χ3n) is 4.62. The maximum absolute atomic E-state index is 5.52. The van der Waals surface area contributed by atoms with Gasteiger partial charge in [0.05, 0.1) is 25.0 Å². The molecule has 0 aliphatic heterocycles. The van der Waals surface area contributed by atoms with Crippen molar-refractivity contribution in [2.45, 2.75) is 58.5 Å². The van der Waals surface area contributed by atoms with Crippen LogP contribution in [0.25, 0.3) is 0 Å². The predicted molar refractivity (Wildman–Crippen MR) is 77.4 cm³/mol. The van der Waals surface area contributed by atoms with Crippen LogP contribution in [-0.4, -0.2) is 23.9 Å². The zero-order valence-electron chi connectivity index (χ0n) is 12.7. The first-order valence-electron chi connectivity index (χ1n) is 7.43. The van der Waals surface area contributed by atoms with E-state index >= 15 is 0 Å². The van der Waals surface area contributed by atoms with Crippen LogP contribution in [0.15, 0.2) is 6.20 Å². The smallest absolute Gasteiger partial charge is 0.161 e. The predicted octanol–water partition coefficient (Wildman–Crippen LogP) is 3.14. The lowest BCUT2D eigenvalue weighted by Gasteiger charge is -2.41. The number of nitrogens with zero attached hydrogens (tertiary/aromatic N) is 2. The van der Waals surface area contributed by atoms with Crippen LogP contribution < -0.4 is 10.1 Å². The van der Waals surface area contributed by atoms with E-state index in [1.807, 2.05) is 6.20 Å². The SMILES string of the molecule is CCn1ncc(OC)c1C(NC)C1(C)CCCCC1. The van der Waals surface area contributed by atoms with Gasteiger partial charge >= 0.3 is 0 Å². The van der Waals surface area contributed by atoms with E-state index in [1.165, 1.54) is 37.8 Å². The van der Waals surface area contributed by atoms with Crippen LogP contribution in [0.2, 0.25) is 0 Å². The largest absolute Gasteiger partial charge is 0.493 e. The number of ether oxygens (including phenoxy) is 1. The van der Waals surface area contributed by atoms with Crippen molar-refractivity contribution in [2.75, 3.05) is 14.2 Å². The van der Waals surface area contributed by atoms with Crippen LogP contribution in [0.4, 0.5) is 0 Å². The van der Waals surface area contributed by atoms with E-state index in [0.29, 0.717) is 11.5 Å². The average Bonchev–Trinajstić information content (AvgIpc) is 2.83. The van der Waals surface area contributed by atoms with Gasteiger partial charge in [0.1, 0.15) is 0 Å². The fraction of sp³-hybridized carbons (Fsp3) is 0.800. The van der Waals surface area contributed by atoms with Crippen LogP contribution in [-0.2, 0) is 6.54 Å². The normalized spacial score (nSPS) is 20.2. The minimum absolute atomic E-state index is 0.299. The molecule has 0 aromatic carbocycles. The molecule has 0 saturated heterocycles. The summed E-state index contributed by atoms with van der Waals surface area (Å²) in [6, 6.07) is 0.310. The van der Waals surface area contributed by atoms with Gasteiger partial charge in [-0.25, -0.2) is 0 Å². The molecule has 19 heavy (non-hydrogen) atoms. The molecule has 4 heteroatoms. The van der Waals surface area contributed by atoms with Crippen molar-refractivity contribution in [1.82, 2.24) is 15.1 Å². The van der Waals surface area contributed by atoms with Gasteiger partial charge in [0, 0.05) is 6.54 Å². The van der Waals surface area contributed by atoms with E-state index in [2.05, 4.69) is 36.0 Å². The highest BCUT2D eigenvalue weighted by Crippen LogP contribution is 2.47. The summed E-state index contributed by atoms with van der Waals surface area (Å²) in [5.41, 5.74) is 1.50. The van der Waals surface area contributed by atoms with Crippen molar-refractivity contribution >= 4 is 0 Å². The summed E-state index contributed by atoms with van der Waals surface area (Å²) in [4.78, 5) is 0. The topological polar surface area (TPSA) is 39.1 Å². The molecule has 4 nitrogen and oxygen atoms in total. The Bertz CT molecular complexity index is 386. The second-order valence-electron chi connectivity index (χ2n) is 5.85. The molecule has 1 atom stereocenters. The molecule has 0 amide bonds. The second kappa shape index (κ2) is 5.95. The molecule has 1 unspecified atom stereocenters. The van der Waals surface area contributed by atoms with Crippen molar-refractivity contribution in [1.29, 1.82) is 0 Å². The maximum Gasteiger partial charge on any atom is 0.161 e. The summed E-state index contributed by atoms with van der Waals surface area (Å²) < 4.78 is 7.59. The highest BCUT2D eigenvalue weighted by Gasteiger charge is 2.38. The van der Waals surface area contributed by atoms with E-state index < -0.39 is 0 Å². The first-order chi connectivity index (χ1) is 9.16. The zero-order valence-corrected chi connectivity index (χ0v) is 12.7. The highest BCUT2D eigenvalue weighted by atomic mass is 16.5. The van der Waals surface area contributed by atoms with Gasteiger partial charge in [-0.2, -0.15) is 5.10 Å². The van der Waals surface area contributed by atoms with Crippen LogP contribution >= 0.6 is 0 Å². The lowest BCUT2D eigenvalue weighted by atomic mass is 9.69. The van der Waals surface area contributed by atoms with Crippen molar-refractivity contribution in [3.8, 4) is 5.75 Å². The Labute approximate surface area is 116 Å². The minimum Gasteiger partial charge on any atom is -0.493 e. The lowest BCUT2D eigenvalue weighted by Crippen LogP contribution is -2.37. The number of hydrogen-bond acceptors (Lipinski definition) is 3. The van der Waals surface area contributed by atoms with E-state index in [-0.39, 0.29) is 0 Å². The third kappa shape index (κ3) is 2.64. The van der Waals surface area contributed by atoms with Crippen molar-refractivity contribution in [2.24, 2.45) is 5.41 Å². The van der Waals surface area contributed by atoms with Gasteiger partial charge < -0.3 is 10.1 Å². The molecule has 2 rings (SSSR count). The summed E-state index contributed by atoms with van der Waals surface area (Å²) in [6.07, 6.45) is 8.42. The van der Waals surface area contributed by atoms with Gasteiger partial charge in [0.15, 0.2) is 5.75 Å². The number of hydrogen-bond donors (Lipinski definition) is 1. The Balaban J connectivity index is 2.37. The van der Waals surface area contributed by atoms with Gasteiger partial charge in [-0.3, -0.25) is 4.68 Å². The molecular formula is C15H27N3O. The number of aryl methyl sites for hydroxylation is 1. The Morgan fingerprint density at radius 3 is 2.63 bits per heavy atom. The molecule has 0 bridgehead atoms. The number of rotatable bonds is 5. The van der Waals surface area contributed by atoms with Gasteiger partial charge in [-0.1, -0.05) is 26.2 Å². The van der Waals surface area contributed by atoms with Crippen LogP contribution in [0.1, 0.15) is 57.7 Å². The molecule has 108 valence electrons. The van der Waals surface area contributed by atoms with Crippen LogP contribution in [0.5, 0.6) is 5.75 Å². The molecule has 1 N–H and O–H groups in total. The molecule has 1 aliphatic rings. The minimum atomic E-state index is 0.299. The summed E-state index contributed by atoms with van der Waals surface area (Å²) in [5, 5.41) is 7.98. The summed E-state index contributed by atoms with van der Waals surface area (Å²) in [5.74, 6) is 0.910. The highest BCUT2D eigenvalue weighted by molar-refractivity contribution is 5.30.